The minimum absolute atomic E-state index is 0.0186. The molecular formula is C21H24N6O4. The van der Waals surface area contributed by atoms with Gasteiger partial charge in [0.1, 0.15) is 18.1 Å². The lowest BCUT2D eigenvalue weighted by Gasteiger charge is -2.35. The fourth-order valence-corrected chi connectivity index (χ4v) is 3.21. The molecule has 3 heterocycles. The van der Waals surface area contributed by atoms with E-state index in [0.717, 1.165) is 5.56 Å². The number of ether oxygens (including phenoxy) is 2. The van der Waals surface area contributed by atoms with Crippen LogP contribution in [0.1, 0.15) is 0 Å². The van der Waals surface area contributed by atoms with E-state index in [2.05, 4.69) is 25.1 Å². The van der Waals surface area contributed by atoms with Crippen molar-refractivity contribution in [2.45, 2.75) is 0 Å². The molecule has 0 bridgehead atoms. The van der Waals surface area contributed by atoms with E-state index in [-0.39, 0.29) is 12.5 Å². The summed E-state index contributed by atoms with van der Waals surface area (Å²) in [6, 6.07) is 9.56. The van der Waals surface area contributed by atoms with Crippen LogP contribution < -0.4 is 4.90 Å². The third kappa shape index (κ3) is 5.22. The first kappa shape index (κ1) is 20.9. The second kappa shape index (κ2) is 10.1. The molecule has 4 rings (SSSR count). The molecule has 10 nitrogen and oxygen atoms in total. The lowest BCUT2D eigenvalue weighted by atomic mass is 10.2. The number of benzene rings is 1. The van der Waals surface area contributed by atoms with Crippen molar-refractivity contribution in [1.29, 1.82) is 0 Å². The fraction of sp³-hybridized carbons (Fsp3) is 0.381. The van der Waals surface area contributed by atoms with Crippen molar-refractivity contribution in [3.8, 4) is 23.0 Å². The SMILES string of the molecule is COCCOCC(=O)N1CCN(c2cncc(-c3nnc(-c4ccccc4)o3)n2)CC1. The molecule has 0 unspecified atom stereocenters. The first-order valence-corrected chi connectivity index (χ1v) is 10.1. The molecule has 1 aliphatic heterocycles. The summed E-state index contributed by atoms with van der Waals surface area (Å²) in [6.45, 7) is 3.45. The first-order valence-electron chi connectivity index (χ1n) is 10.1. The van der Waals surface area contributed by atoms with Crippen LogP contribution in [-0.2, 0) is 14.3 Å². The molecule has 1 fully saturated rings. The average Bonchev–Trinajstić information content (AvgIpc) is 3.33. The quantitative estimate of drug-likeness (QED) is 0.497. The van der Waals surface area contributed by atoms with Gasteiger partial charge in [-0.3, -0.25) is 9.78 Å². The minimum atomic E-state index is -0.0186. The summed E-state index contributed by atoms with van der Waals surface area (Å²) < 4.78 is 16.0. The zero-order valence-corrected chi connectivity index (χ0v) is 17.3. The van der Waals surface area contributed by atoms with Gasteiger partial charge in [0.15, 0.2) is 0 Å². The van der Waals surface area contributed by atoms with E-state index in [9.17, 15) is 4.79 Å². The molecule has 162 valence electrons. The largest absolute Gasteiger partial charge is 0.415 e. The van der Waals surface area contributed by atoms with Crippen LogP contribution >= 0.6 is 0 Å². The van der Waals surface area contributed by atoms with Crippen LogP contribution in [0.2, 0.25) is 0 Å². The van der Waals surface area contributed by atoms with E-state index in [1.54, 1.807) is 24.4 Å². The molecule has 3 aromatic rings. The molecule has 0 N–H and O–H groups in total. The van der Waals surface area contributed by atoms with Crippen molar-refractivity contribution in [2.75, 3.05) is 58.0 Å². The molecular weight excluding hydrogens is 400 g/mol. The number of methoxy groups -OCH3 is 1. The van der Waals surface area contributed by atoms with Crippen molar-refractivity contribution >= 4 is 11.7 Å². The summed E-state index contributed by atoms with van der Waals surface area (Å²) in [6.07, 6.45) is 3.30. The average molecular weight is 424 g/mol. The number of anilines is 1. The van der Waals surface area contributed by atoms with Crippen LogP contribution in [-0.4, -0.2) is 84.1 Å². The van der Waals surface area contributed by atoms with Crippen LogP contribution in [0, 0.1) is 0 Å². The number of piperazine rings is 1. The normalized spacial score (nSPS) is 14.1. The van der Waals surface area contributed by atoms with E-state index < -0.39 is 0 Å². The number of rotatable bonds is 8. The van der Waals surface area contributed by atoms with Gasteiger partial charge in [0.05, 0.1) is 25.6 Å². The molecule has 0 radical (unpaired) electrons. The first-order chi connectivity index (χ1) is 15.2. The Balaban J connectivity index is 1.36. The molecule has 1 aliphatic rings. The van der Waals surface area contributed by atoms with E-state index >= 15 is 0 Å². The van der Waals surface area contributed by atoms with E-state index in [1.165, 1.54) is 0 Å². The number of hydrogen-bond acceptors (Lipinski definition) is 9. The molecule has 0 spiro atoms. The molecule has 1 aromatic carbocycles. The summed E-state index contributed by atoms with van der Waals surface area (Å²) in [7, 11) is 1.60. The van der Waals surface area contributed by atoms with Crippen molar-refractivity contribution in [2.24, 2.45) is 0 Å². The molecule has 2 aromatic heterocycles. The topological polar surface area (TPSA) is 107 Å². The molecule has 1 saturated heterocycles. The summed E-state index contributed by atoms with van der Waals surface area (Å²) in [5.41, 5.74) is 1.36. The van der Waals surface area contributed by atoms with E-state index in [4.69, 9.17) is 13.9 Å². The molecule has 0 aliphatic carbocycles. The van der Waals surface area contributed by atoms with E-state index in [1.807, 2.05) is 30.3 Å². The zero-order chi connectivity index (χ0) is 21.5. The van der Waals surface area contributed by atoms with Gasteiger partial charge in [-0.05, 0) is 12.1 Å². The minimum Gasteiger partial charge on any atom is -0.415 e. The van der Waals surface area contributed by atoms with Gasteiger partial charge in [-0.1, -0.05) is 18.2 Å². The highest BCUT2D eigenvalue weighted by Crippen LogP contribution is 2.23. The Morgan fingerprint density at radius 3 is 2.58 bits per heavy atom. The van der Waals surface area contributed by atoms with Crippen LogP contribution in [0.15, 0.2) is 47.1 Å². The number of hydrogen-bond donors (Lipinski definition) is 0. The predicted octanol–water partition coefficient (Wildman–Crippen LogP) is 1.51. The van der Waals surface area contributed by atoms with Crippen LogP contribution in [0.5, 0.6) is 0 Å². The highest BCUT2D eigenvalue weighted by atomic mass is 16.5. The Bertz CT molecular complexity index is 988. The third-order valence-electron chi connectivity index (χ3n) is 4.90. The van der Waals surface area contributed by atoms with Crippen molar-refractivity contribution in [3.05, 3.63) is 42.7 Å². The van der Waals surface area contributed by atoms with Gasteiger partial charge in [-0.25, -0.2) is 4.98 Å². The Morgan fingerprint density at radius 2 is 1.81 bits per heavy atom. The van der Waals surface area contributed by atoms with Gasteiger partial charge in [-0.15, -0.1) is 10.2 Å². The van der Waals surface area contributed by atoms with Gasteiger partial charge in [0.2, 0.25) is 11.8 Å². The Labute approximate surface area is 179 Å². The van der Waals surface area contributed by atoms with E-state index in [0.29, 0.717) is 62.7 Å². The van der Waals surface area contributed by atoms with Gasteiger partial charge < -0.3 is 23.7 Å². The maximum atomic E-state index is 12.2. The third-order valence-corrected chi connectivity index (χ3v) is 4.90. The molecule has 0 atom stereocenters. The lowest BCUT2D eigenvalue weighted by Crippen LogP contribution is -2.50. The monoisotopic (exact) mass is 424 g/mol. The smallest absolute Gasteiger partial charge is 0.268 e. The van der Waals surface area contributed by atoms with Crippen LogP contribution in [0.3, 0.4) is 0 Å². The van der Waals surface area contributed by atoms with Crippen molar-refractivity contribution < 1.29 is 18.7 Å². The standard InChI is InChI=1S/C21H24N6O4/c1-29-11-12-30-15-19(28)27-9-7-26(8-10-27)18-14-22-13-17(23-18)21-25-24-20(31-21)16-5-3-2-4-6-16/h2-6,13-14H,7-12,15H2,1H3. The van der Waals surface area contributed by atoms with Gasteiger partial charge in [-0.2, -0.15) is 0 Å². The summed E-state index contributed by atoms with van der Waals surface area (Å²) >= 11 is 0. The molecule has 10 heteroatoms. The maximum absolute atomic E-state index is 12.2. The number of carbonyl (C=O) groups excluding carboxylic acids is 1. The fourth-order valence-electron chi connectivity index (χ4n) is 3.21. The summed E-state index contributed by atoms with van der Waals surface area (Å²) in [5, 5.41) is 8.22. The summed E-state index contributed by atoms with van der Waals surface area (Å²) in [4.78, 5) is 25.1. The lowest BCUT2D eigenvalue weighted by molar-refractivity contribution is -0.136. The zero-order valence-electron chi connectivity index (χ0n) is 17.3. The van der Waals surface area contributed by atoms with Crippen molar-refractivity contribution in [3.63, 3.8) is 0 Å². The highest BCUT2D eigenvalue weighted by molar-refractivity contribution is 5.77. The van der Waals surface area contributed by atoms with Crippen molar-refractivity contribution in [1.82, 2.24) is 25.1 Å². The molecule has 1 amide bonds. The number of amides is 1. The Hall–Kier alpha value is -3.37. The van der Waals surface area contributed by atoms with Gasteiger partial charge in [0, 0.05) is 38.9 Å². The number of carbonyl (C=O) groups is 1. The van der Waals surface area contributed by atoms with Crippen LogP contribution in [0.25, 0.3) is 23.0 Å². The van der Waals surface area contributed by atoms with Crippen LogP contribution in [0.4, 0.5) is 5.82 Å². The predicted molar refractivity (Wildman–Crippen MR) is 112 cm³/mol. The number of nitrogens with zero attached hydrogens (tertiary/aromatic N) is 6. The second-order valence-corrected chi connectivity index (χ2v) is 6.95. The summed E-state index contributed by atoms with van der Waals surface area (Å²) in [5.74, 6) is 1.44. The highest BCUT2D eigenvalue weighted by Gasteiger charge is 2.23. The second-order valence-electron chi connectivity index (χ2n) is 6.95. The van der Waals surface area contributed by atoms with Gasteiger partial charge in [0.25, 0.3) is 5.89 Å². The molecule has 31 heavy (non-hydrogen) atoms. The maximum Gasteiger partial charge on any atom is 0.268 e. The number of aromatic nitrogens is 4. The Kier molecular flexibility index (Phi) is 6.80. The Morgan fingerprint density at radius 1 is 1.03 bits per heavy atom. The molecule has 0 saturated carbocycles. The van der Waals surface area contributed by atoms with Gasteiger partial charge >= 0.3 is 0 Å².